The van der Waals surface area contributed by atoms with Gasteiger partial charge in [0.2, 0.25) is 0 Å². The number of carbonyl (C=O) groups excluding carboxylic acids is 3. The lowest BCUT2D eigenvalue weighted by atomic mass is 10.1. The highest BCUT2D eigenvalue weighted by molar-refractivity contribution is 5.71. The molecule has 0 fully saturated rings. The van der Waals surface area contributed by atoms with Crippen LogP contribution in [-0.2, 0) is 28.6 Å². The molecule has 0 unspecified atom stereocenters. The Morgan fingerprint density at radius 1 is 0.292 bits per heavy atom. The second-order valence-electron chi connectivity index (χ2n) is 19.6. The molecule has 0 aromatic heterocycles. The highest BCUT2D eigenvalue weighted by atomic mass is 16.6. The Morgan fingerprint density at radius 3 is 0.769 bits per heavy atom. The van der Waals surface area contributed by atoms with Gasteiger partial charge in [-0.05, 0) is 70.6 Å². The summed E-state index contributed by atoms with van der Waals surface area (Å²) in [5, 5.41) is 0. The fraction of sp³-hybridized carbons (Fsp3) is 0.881. The fourth-order valence-electron chi connectivity index (χ4n) is 8.55. The molecule has 0 aliphatic rings. The van der Waals surface area contributed by atoms with Gasteiger partial charge in [-0.2, -0.15) is 0 Å². The fourth-order valence-corrected chi connectivity index (χ4v) is 8.55. The van der Waals surface area contributed by atoms with E-state index in [4.69, 9.17) is 14.2 Å². The number of carbonyl (C=O) groups is 3. The first kappa shape index (κ1) is 62.9. The average molecular weight is 916 g/mol. The second kappa shape index (κ2) is 54.5. The molecule has 0 saturated heterocycles. The zero-order chi connectivity index (χ0) is 47.2. The van der Waals surface area contributed by atoms with Crippen LogP contribution in [0.4, 0.5) is 0 Å². The molecule has 0 amide bonds. The summed E-state index contributed by atoms with van der Waals surface area (Å²) in [6.45, 7) is 6.65. The van der Waals surface area contributed by atoms with E-state index in [1.807, 2.05) is 0 Å². The zero-order valence-electron chi connectivity index (χ0n) is 43.8. The van der Waals surface area contributed by atoms with E-state index in [0.29, 0.717) is 19.3 Å². The summed E-state index contributed by atoms with van der Waals surface area (Å²) in [6.07, 6.45) is 63.2. The number of hydrogen-bond donors (Lipinski definition) is 0. The van der Waals surface area contributed by atoms with Gasteiger partial charge in [0.25, 0.3) is 0 Å². The lowest BCUT2D eigenvalue weighted by molar-refractivity contribution is -0.167. The van der Waals surface area contributed by atoms with Gasteiger partial charge in [0.05, 0.1) is 0 Å². The van der Waals surface area contributed by atoms with Crippen LogP contribution >= 0.6 is 0 Å². The third kappa shape index (κ3) is 52.7. The van der Waals surface area contributed by atoms with Crippen molar-refractivity contribution in [1.29, 1.82) is 0 Å². The number of rotatable bonds is 53. The van der Waals surface area contributed by atoms with Crippen LogP contribution in [0.3, 0.4) is 0 Å². The smallest absolute Gasteiger partial charge is 0.306 e. The molecule has 0 N–H and O–H groups in total. The Hall–Kier alpha value is -2.11. The molecule has 6 nitrogen and oxygen atoms in total. The Balaban J connectivity index is 4.25. The van der Waals surface area contributed by atoms with Crippen molar-refractivity contribution in [2.75, 3.05) is 13.2 Å². The third-order valence-corrected chi connectivity index (χ3v) is 12.9. The maximum Gasteiger partial charge on any atom is 0.306 e. The maximum atomic E-state index is 12.8. The first-order valence-electron chi connectivity index (χ1n) is 28.8. The van der Waals surface area contributed by atoms with Crippen LogP contribution < -0.4 is 0 Å². The molecule has 382 valence electrons. The van der Waals surface area contributed by atoms with Crippen LogP contribution in [-0.4, -0.2) is 37.2 Å². The third-order valence-electron chi connectivity index (χ3n) is 12.9. The van der Waals surface area contributed by atoms with Crippen molar-refractivity contribution in [1.82, 2.24) is 0 Å². The van der Waals surface area contributed by atoms with E-state index >= 15 is 0 Å². The van der Waals surface area contributed by atoms with Crippen molar-refractivity contribution < 1.29 is 28.6 Å². The second-order valence-corrected chi connectivity index (χ2v) is 19.6. The monoisotopic (exact) mass is 915 g/mol. The predicted octanol–water partition coefficient (Wildman–Crippen LogP) is 19.1. The van der Waals surface area contributed by atoms with Crippen LogP contribution in [0.25, 0.3) is 0 Å². The minimum atomic E-state index is -0.771. The standard InChI is InChI=1S/C59H110O6/c1-4-7-10-13-16-19-21-23-25-27-29-31-33-35-37-40-43-46-49-52-58(61)64-55-56(54-63-57(60)51-48-45-42-39-18-15-12-9-6-3)65-59(62)53-50-47-44-41-38-36-34-32-30-28-26-24-22-20-17-14-11-8-5-2/h27-30,56H,4-26,31-55H2,1-3H3/b29-27-,30-28-/t56-/m1/s1. The number of unbranched alkanes of at least 4 members (excludes halogenated alkanes) is 38. The van der Waals surface area contributed by atoms with E-state index in [9.17, 15) is 14.4 Å². The van der Waals surface area contributed by atoms with Gasteiger partial charge in [-0.3, -0.25) is 14.4 Å². The van der Waals surface area contributed by atoms with Gasteiger partial charge in [0, 0.05) is 19.3 Å². The molecule has 0 aliphatic carbocycles. The van der Waals surface area contributed by atoms with E-state index in [0.717, 1.165) is 57.8 Å². The van der Waals surface area contributed by atoms with Crippen molar-refractivity contribution >= 4 is 17.9 Å². The van der Waals surface area contributed by atoms with Gasteiger partial charge in [0.15, 0.2) is 6.10 Å². The molecular formula is C59H110O6. The summed E-state index contributed by atoms with van der Waals surface area (Å²) < 4.78 is 16.8. The molecule has 6 heteroatoms. The summed E-state index contributed by atoms with van der Waals surface area (Å²) in [7, 11) is 0. The van der Waals surface area contributed by atoms with E-state index in [2.05, 4.69) is 45.1 Å². The Morgan fingerprint density at radius 2 is 0.508 bits per heavy atom. The normalized spacial score (nSPS) is 12.1. The van der Waals surface area contributed by atoms with Crippen LogP contribution in [0.15, 0.2) is 24.3 Å². The van der Waals surface area contributed by atoms with E-state index in [-0.39, 0.29) is 31.1 Å². The van der Waals surface area contributed by atoms with Crippen LogP contribution in [0.5, 0.6) is 0 Å². The summed E-state index contributed by atoms with van der Waals surface area (Å²) in [5.74, 6) is -0.865. The first-order valence-corrected chi connectivity index (χ1v) is 28.8. The summed E-state index contributed by atoms with van der Waals surface area (Å²) in [5.41, 5.74) is 0. The summed E-state index contributed by atoms with van der Waals surface area (Å²) in [4.78, 5) is 38.0. The predicted molar refractivity (Wildman–Crippen MR) is 279 cm³/mol. The SMILES string of the molecule is CCCCCCCCCC/C=C\CCCCCCCCCC(=O)OC[C@@H](COC(=O)CCCCCCCCCCC)OC(=O)CCCCCCCCC/C=C\CCCCCCCCCC. The molecule has 0 heterocycles. The van der Waals surface area contributed by atoms with Crippen molar-refractivity contribution in [2.45, 2.75) is 322 Å². The molecule has 65 heavy (non-hydrogen) atoms. The van der Waals surface area contributed by atoms with Crippen molar-refractivity contribution in [3.05, 3.63) is 24.3 Å². The lowest BCUT2D eigenvalue weighted by Gasteiger charge is -2.18. The highest BCUT2D eigenvalue weighted by Gasteiger charge is 2.19. The van der Waals surface area contributed by atoms with Crippen LogP contribution in [0.1, 0.15) is 316 Å². The topological polar surface area (TPSA) is 78.9 Å². The number of ether oxygens (including phenoxy) is 3. The Bertz CT molecular complexity index is 1050. The molecule has 0 bridgehead atoms. The average Bonchev–Trinajstić information content (AvgIpc) is 3.30. The molecule has 0 saturated carbocycles. The molecule has 0 rings (SSSR count). The van der Waals surface area contributed by atoms with Crippen LogP contribution in [0, 0.1) is 0 Å². The van der Waals surface area contributed by atoms with Crippen molar-refractivity contribution in [3.8, 4) is 0 Å². The molecule has 0 aliphatic heterocycles. The molecule has 0 radical (unpaired) electrons. The van der Waals surface area contributed by atoms with Gasteiger partial charge in [0.1, 0.15) is 13.2 Å². The highest BCUT2D eigenvalue weighted by Crippen LogP contribution is 2.16. The first-order chi connectivity index (χ1) is 32.0. The number of allylic oxidation sites excluding steroid dienone is 4. The van der Waals surface area contributed by atoms with Gasteiger partial charge < -0.3 is 14.2 Å². The molecule has 0 aromatic carbocycles. The van der Waals surface area contributed by atoms with Gasteiger partial charge in [-0.15, -0.1) is 0 Å². The van der Waals surface area contributed by atoms with E-state index in [1.54, 1.807) is 0 Å². The maximum absolute atomic E-state index is 12.8. The van der Waals surface area contributed by atoms with Gasteiger partial charge in [-0.25, -0.2) is 0 Å². The van der Waals surface area contributed by atoms with E-state index < -0.39 is 6.10 Å². The molecule has 0 aromatic rings. The quantitative estimate of drug-likeness (QED) is 0.0262. The number of hydrogen-bond acceptors (Lipinski definition) is 6. The number of esters is 3. The lowest BCUT2D eigenvalue weighted by Crippen LogP contribution is -2.30. The van der Waals surface area contributed by atoms with E-state index in [1.165, 1.54) is 218 Å². The Kier molecular flexibility index (Phi) is 52.7. The van der Waals surface area contributed by atoms with Crippen molar-refractivity contribution in [2.24, 2.45) is 0 Å². The zero-order valence-corrected chi connectivity index (χ0v) is 43.8. The summed E-state index contributed by atoms with van der Waals surface area (Å²) >= 11 is 0. The minimum Gasteiger partial charge on any atom is -0.462 e. The van der Waals surface area contributed by atoms with Gasteiger partial charge >= 0.3 is 17.9 Å². The summed E-state index contributed by atoms with van der Waals surface area (Å²) in [6, 6.07) is 0. The molecule has 1 atom stereocenters. The molecule has 0 spiro atoms. The van der Waals surface area contributed by atoms with Crippen molar-refractivity contribution in [3.63, 3.8) is 0 Å². The van der Waals surface area contributed by atoms with Crippen LogP contribution in [0.2, 0.25) is 0 Å². The minimum absolute atomic E-state index is 0.0707. The Labute approximate surface area is 404 Å². The largest absolute Gasteiger partial charge is 0.462 e. The van der Waals surface area contributed by atoms with Gasteiger partial charge in [-0.1, -0.05) is 251 Å². The molecular weight excluding hydrogens is 805 g/mol.